The highest BCUT2D eigenvalue weighted by atomic mass is 79.9. The van der Waals surface area contributed by atoms with E-state index >= 15 is 0 Å². The Morgan fingerprint density at radius 2 is 1.89 bits per heavy atom. The maximum absolute atomic E-state index is 13.1. The lowest BCUT2D eigenvalue weighted by Gasteiger charge is -2.08. The van der Waals surface area contributed by atoms with Gasteiger partial charge in [-0.25, -0.2) is 13.8 Å². The van der Waals surface area contributed by atoms with Gasteiger partial charge in [-0.05, 0) is 52.2 Å². The Morgan fingerprint density at radius 1 is 1.26 bits per heavy atom. The van der Waals surface area contributed by atoms with Gasteiger partial charge in [0.15, 0.2) is 17.4 Å². The van der Waals surface area contributed by atoms with Gasteiger partial charge in [-0.1, -0.05) is 0 Å². The van der Waals surface area contributed by atoms with E-state index in [9.17, 15) is 8.78 Å². The van der Waals surface area contributed by atoms with Crippen molar-refractivity contribution in [2.45, 2.75) is 13.5 Å². The molecule has 0 saturated carbocycles. The molecule has 1 heterocycles. The van der Waals surface area contributed by atoms with Crippen LogP contribution in [0.1, 0.15) is 11.1 Å². The molecule has 0 saturated heterocycles. The predicted octanol–water partition coefficient (Wildman–Crippen LogP) is 3.75. The number of phenols is 1. The molecule has 2 rings (SSSR count). The van der Waals surface area contributed by atoms with Crippen LogP contribution in [-0.4, -0.2) is 10.1 Å². The maximum Gasteiger partial charge on any atom is 0.187 e. The molecule has 2 aromatic rings. The van der Waals surface area contributed by atoms with Crippen LogP contribution in [-0.2, 0) is 6.54 Å². The zero-order valence-corrected chi connectivity index (χ0v) is 11.6. The quantitative estimate of drug-likeness (QED) is 0.843. The summed E-state index contributed by atoms with van der Waals surface area (Å²) >= 11 is 3.29. The van der Waals surface area contributed by atoms with Crippen LogP contribution in [0.5, 0.6) is 5.75 Å². The summed E-state index contributed by atoms with van der Waals surface area (Å²) in [5.74, 6) is -2.89. The second-order valence-corrected chi connectivity index (χ2v) is 4.84. The first-order chi connectivity index (χ1) is 8.97. The molecule has 0 fully saturated rings. The van der Waals surface area contributed by atoms with Crippen LogP contribution in [0.15, 0.2) is 29.0 Å². The number of phenolic OH excluding ortho intramolecular Hbond substituents is 1. The van der Waals surface area contributed by atoms with E-state index in [2.05, 4.69) is 26.2 Å². The van der Waals surface area contributed by atoms with Crippen molar-refractivity contribution in [1.82, 2.24) is 4.98 Å². The third kappa shape index (κ3) is 3.20. The van der Waals surface area contributed by atoms with Gasteiger partial charge in [0.1, 0.15) is 4.60 Å². The SMILES string of the molecule is Cc1cc(NCc2cc(F)c(O)c(F)c2)cnc1Br. The minimum absolute atomic E-state index is 0.233. The van der Waals surface area contributed by atoms with E-state index in [0.29, 0.717) is 5.56 Å². The van der Waals surface area contributed by atoms with Crippen LogP contribution in [0.25, 0.3) is 0 Å². The van der Waals surface area contributed by atoms with E-state index in [-0.39, 0.29) is 6.54 Å². The molecule has 0 aliphatic heterocycles. The minimum atomic E-state index is -0.970. The van der Waals surface area contributed by atoms with Gasteiger partial charge in [0.05, 0.1) is 11.9 Å². The van der Waals surface area contributed by atoms with Gasteiger partial charge in [-0.3, -0.25) is 0 Å². The number of halogens is 3. The smallest absolute Gasteiger partial charge is 0.187 e. The molecule has 19 heavy (non-hydrogen) atoms. The Labute approximate surface area is 117 Å². The molecule has 0 radical (unpaired) electrons. The Kier molecular flexibility index (Phi) is 3.99. The summed E-state index contributed by atoms with van der Waals surface area (Å²) in [5, 5.41) is 12.0. The van der Waals surface area contributed by atoms with Gasteiger partial charge >= 0.3 is 0 Å². The maximum atomic E-state index is 13.1. The van der Waals surface area contributed by atoms with Crippen molar-refractivity contribution < 1.29 is 13.9 Å². The fourth-order valence-electron chi connectivity index (χ4n) is 1.58. The van der Waals surface area contributed by atoms with E-state index < -0.39 is 17.4 Å². The molecular weight excluding hydrogens is 318 g/mol. The highest BCUT2D eigenvalue weighted by Gasteiger charge is 2.09. The third-order valence-corrected chi connectivity index (χ3v) is 3.42. The topological polar surface area (TPSA) is 45.1 Å². The number of hydrogen-bond donors (Lipinski definition) is 2. The Bertz CT molecular complexity index is 597. The van der Waals surface area contributed by atoms with Crippen molar-refractivity contribution in [2.75, 3.05) is 5.32 Å². The summed E-state index contributed by atoms with van der Waals surface area (Å²) < 4.78 is 27.0. The van der Waals surface area contributed by atoms with Gasteiger partial charge in [0, 0.05) is 6.54 Å². The normalized spacial score (nSPS) is 10.5. The van der Waals surface area contributed by atoms with E-state index in [4.69, 9.17) is 5.11 Å². The Hall–Kier alpha value is -1.69. The fourth-order valence-corrected chi connectivity index (χ4v) is 1.80. The molecule has 6 heteroatoms. The predicted molar refractivity (Wildman–Crippen MR) is 72.0 cm³/mol. The molecule has 100 valence electrons. The van der Waals surface area contributed by atoms with Gasteiger partial charge in [0.25, 0.3) is 0 Å². The average molecular weight is 329 g/mol. The van der Waals surface area contributed by atoms with E-state index in [0.717, 1.165) is 28.0 Å². The number of aromatic nitrogens is 1. The first-order valence-corrected chi connectivity index (χ1v) is 6.29. The molecule has 3 nitrogen and oxygen atoms in total. The number of nitrogens with zero attached hydrogens (tertiary/aromatic N) is 1. The van der Waals surface area contributed by atoms with Crippen LogP contribution in [0.4, 0.5) is 14.5 Å². The van der Waals surface area contributed by atoms with Gasteiger partial charge in [-0.15, -0.1) is 0 Å². The first-order valence-electron chi connectivity index (χ1n) is 5.50. The van der Waals surface area contributed by atoms with E-state index in [1.807, 2.05) is 13.0 Å². The van der Waals surface area contributed by atoms with E-state index in [1.165, 1.54) is 0 Å². The molecule has 0 unspecified atom stereocenters. The number of nitrogens with one attached hydrogen (secondary N) is 1. The van der Waals surface area contributed by atoms with Gasteiger partial charge < -0.3 is 10.4 Å². The van der Waals surface area contributed by atoms with Crippen LogP contribution in [0, 0.1) is 18.6 Å². The molecule has 0 atom stereocenters. The van der Waals surface area contributed by atoms with Crippen molar-refractivity contribution in [1.29, 1.82) is 0 Å². The number of rotatable bonds is 3. The lowest BCUT2D eigenvalue weighted by atomic mass is 10.2. The standard InChI is InChI=1S/C13H11BrF2N2O/c1-7-2-9(6-18-13(7)14)17-5-8-3-10(15)12(19)11(16)4-8/h2-4,6,17,19H,5H2,1H3. The summed E-state index contributed by atoms with van der Waals surface area (Å²) in [6.45, 7) is 2.12. The minimum Gasteiger partial charge on any atom is -0.503 e. The van der Waals surface area contributed by atoms with Crippen molar-refractivity contribution in [2.24, 2.45) is 0 Å². The summed E-state index contributed by atoms with van der Waals surface area (Å²) in [5.41, 5.74) is 2.09. The molecule has 1 aromatic carbocycles. The van der Waals surface area contributed by atoms with Crippen molar-refractivity contribution in [3.63, 3.8) is 0 Å². The van der Waals surface area contributed by atoms with Crippen molar-refractivity contribution >= 4 is 21.6 Å². The lowest BCUT2D eigenvalue weighted by molar-refractivity contribution is 0.395. The zero-order chi connectivity index (χ0) is 14.0. The Morgan fingerprint density at radius 3 is 2.47 bits per heavy atom. The van der Waals surface area contributed by atoms with Crippen LogP contribution in [0.2, 0.25) is 0 Å². The molecule has 0 aliphatic carbocycles. The molecule has 0 amide bonds. The largest absolute Gasteiger partial charge is 0.503 e. The second kappa shape index (κ2) is 5.52. The van der Waals surface area contributed by atoms with Crippen LogP contribution in [0.3, 0.4) is 0 Å². The molecule has 1 aromatic heterocycles. The number of benzene rings is 1. The van der Waals surface area contributed by atoms with Crippen molar-refractivity contribution in [3.8, 4) is 5.75 Å². The fraction of sp³-hybridized carbons (Fsp3) is 0.154. The summed E-state index contributed by atoms with van der Waals surface area (Å²) in [6, 6.07) is 4.04. The first kappa shape index (κ1) is 13.7. The highest BCUT2D eigenvalue weighted by Crippen LogP contribution is 2.22. The number of hydrogen-bond acceptors (Lipinski definition) is 3. The number of aryl methyl sites for hydroxylation is 1. The van der Waals surface area contributed by atoms with Gasteiger partial charge in [0.2, 0.25) is 0 Å². The number of pyridine rings is 1. The summed E-state index contributed by atoms with van der Waals surface area (Å²) in [6.07, 6.45) is 1.62. The van der Waals surface area contributed by atoms with Gasteiger partial charge in [-0.2, -0.15) is 0 Å². The third-order valence-electron chi connectivity index (χ3n) is 2.59. The molecular formula is C13H11BrF2N2O. The highest BCUT2D eigenvalue weighted by molar-refractivity contribution is 9.10. The summed E-state index contributed by atoms with van der Waals surface area (Å²) in [7, 11) is 0. The van der Waals surface area contributed by atoms with Crippen LogP contribution < -0.4 is 5.32 Å². The molecule has 0 spiro atoms. The molecule has 2 N–H and O–H groups in total. The Balaban J connectivity index is 2.12. The molecule has 0 bridgehead atoms. The summed E-state index contributed by atoms with van der Waals surface area (Å²) in [4.78, 5) is 4.11. The van der Waals surface area contributed by atoms with Crippen LogP contribution >= 0.6 is 15.9 Å². The monoisotopic (exact) mass is 328 g/mol. The average Bonchev–Trinajstić information content (AvgIpc) is 2.37. The van der Waals surface area contributed by atoms with E-state index in [1.54, 1.807) is 6.20 Å². The second-order valence-electron chi connectivity index (χ2n) is 4.09. The van der Waals surface area contributed by atoms with Crippen molar-refractivity contribution in [3.05, 3.63) is 51.8 Å². The number of aromatic hydroxyl groups is 1. The zero-order valence-electron chi connectivity index (χ0n) is 10.0. The lowest BCUT2D eigenvalue weighted by Crippen LogP contribution is -2.01. The molecule has 0 aliphatic rings. The number of anilines is 1.